The summed E-state index contributed by atoms with van der Waals surface area (Å²) in [5.74, 6) is 0.121. The predicted octanol–water partition coefficient (Wildman–Crippen LogP) is 1.24. The topological polar surface area (TPSA) is 52.6 Å². The first kappa shape index (κ1) is 16.4. The average molecular weight is 244 g/mol. The predicted molar refractivity (Wildman–Crippen MR) is 70.9 cm³/mol. The second-order valence-electron chi connectivity index (χ2n) is 4.43. The van der Waals surface area contributed by atoms with E-state index in [1.165, 1.54) is 0 Å². The van der Waals surface area contributed by atoms with Gasteiger partial charge in [-0.1, -0.05) is 27.7 Å². The molecule has 1 unspecified atom stereocenters. The van der Waals surface area contributed by atoms with Gasteiger partial charge in [0.25, 0.3) is 0 Å². The summed E-state index contributed by atoms with van der Waals surface area (Å²) in [7, 11) is 0. The molecule has 0 aromatic carbocycles. The number of hydrogen-bond acceptors (Lipinski definition) is 3. The monoisotopic (exact) mass is 244 g/mol. The zero-order chi connectivity index (χ0) is 13.3. The molecular weight excluding hydrogens is 216 g/mol. The van der Waals surface area contributed by atoms with Crippen molar-refractivity contribution >= 4 is 5.91 Å². The van der Waals surface area contributed by atoms with E-state index in [0.717, 1.165) is 19.4 Å². The van der Waals surface area contributed by atoms with Gasteiger partial charge in [0, 0.05) is 25.0 Å². The smallest absolute Gasteiger partial charge is 0.227 e. The van der Waals surface area contributed by atoms with E-state index in [9.17, 15) is 4.79 Å². The minimum atomic E-state index is -0.0258. The molecule has 4 heteroatoms. The van der Waals surface area contributed by atoms with Crippen molar-refractivity contribution in [3.8, 4) is 0 Å². The molecule has 2 N–H and O–H groups in total. The molecule has 0 aliphatic carbocycles. The van der Waals surface area contributed by atoms with Crippen molar-refractivity contribution in [1.29, 1.82) is 0 Å². The van der Waals surface area contributed by atoms with Crippen molar-refractivity contribution in [3.05, 3.63) is 0 Å². The van der Waals surface area contributed by atoms with Crippen LogP contribution in [-0.4, -0.2) is 48.2 Å². The molecule has 0 bridgehead atoms. The van der Waals surface area contributed by atoms with Gasteiger partial charge >= 0.3 is 0 Å². The van der Waals surface area contributed by atoms with E-state index in [1.54, 1.807) is 0 Å². The van der Waals surface area contributed by atoms with Gasteiger partial charge in [0.05, 0.1) is 6.61 Å². The lowest BCUT2D eigenvalue weighted by Crippen LogP contribution is -2.46. The number of aliphatic hydroxyl groups is 1. The van der Waals surface area contributed by atoms with Crippen LogP contribution >= 0.6 is 0 Å². The number of carbonyl (C=O) groups excluding carboxylic acids is 1. The molecular formula is C13H28N2O2. The number of rotatable bonds is 9. The highest BCUT2D eigenvalue weighted by molar-refractivity contribution is 5.79. The molecule has 1 atom stereocenters. The zero-order valence-corrected chi connectivity index (χ0v) is 11.7. The van der Waals surface area contributed by atoms with Gasteiger partial charge in [-0.25, -0.2) is 0 Å². The van der Waals surface area contributed by atoms with Gasteiger partial charge in [-0.05, 0) is 19.4 Å². The van der Waals surface area contributed by atoms with Gasteiger partial charge < -0.3 is 15.3 Å². The quantitative estimate of drug-likeness (QED) is 0.641. The largest absolute Gasteiger partial charge is 0.395 e. The number of nitrogens with zero attached hydrogens (tertiary/aromatic N) is 1. The molecule has 0 aromatic rings. The lowest BCUT2D eigenvalue weighted by Gasteiger charge is -2.32. The maximum absolute atomic E-state index is 12.3. The second kappa shape index (κ2) is 9.42. The van der Waals surface area contributed by atoms with Crippen LogP contribution < -0.4 is 5.32 Å². The normalized spacial score (nSPS) is 12.8. The van der Waals surface area contributed by atoms with Gasteiger partial charge in [0.15, 0.2) is 0 Å². The summed E-state index contributed by atoms with van der Waals surface area (Å²) in [6.45, 7) is 10.2. The molecule has 0 heterocycles. The summed E-state index contributed by atoms with van der Waals surface area (Å²) in [4.78, 5) is 14.1. The van der Waals surface area contributed by atoms with Crippen LogP contribution in [0, 0.1) is 5.92 Å². The Bertz CT molecular complexity index is 206. The molecule has 17 heavy (non-hydrogen) atoms. The fraction of sp³-hybridized carbons (Fsp3) is 0.923. The van der Waals surface area contributed by atoms with Crippen LogP contribution in [0.1, 0.15) is 40.5 Å². The van der Waals surface area contributed by atoms with Crippen LogP contribution in [-0.2, 0) is 4.79 Å². The highest BCUT2D eigenvalue weighted by Crippen LogP contribution is 2.12. The molecule has 0 aromatic heterocycles. The van der Waals surface area contributed by atoms with E-state index >= 15 is 0 Å². The average Bonchev–Trinajstić information content (AvgIpc) is 2.35. The van der Waals surface area contributed by atoms with Gasteiger partial charge in [-0.2, -0.15) is 0 Å². The molecule has 0 saturated carbocycles. The Morgan fingerprint density at radius 3 is 2.29 bits per heavy atom. The van der Waals surface area contributed by atoms with Gasteiger partial charge in [-0.15, -0.1) is 0 Å². The van der Waals surface area contributed by atoms with Crippen molar-refractivity contribution in [3.63, 3.8) is 0 Å². The molecule has 102 valence electrons. The SMILES string of the molecule is CCNCC(C)C(=O)N(CCO)C(CC)CC. The van der Waals surface area contributed by atoms with E-state index in [1.807, 2.05) is 18.7 Å². The van der Waals surface area contributed by atoms with Crippen LogP contribution in [0.25, 0.3) is 0 Å². The van der Waals surface area contributed by atoms with E-state index in [-0.39, 0.29) is 24.5 Å². The Morgan fingerprint density at radius 2 is 1.88 bits per heavy atom. The molecule has 1 amide bonds. The van der Waals surface area contributed by atoms with E-state index < -0.39 is 0 Å². The van der Waals surface area contributed by atoms with Crippen molar-refractivity contribution < 1.29 is 9.90 Å². The Hall–Kier alpha value is -0.610. The van der Waals surface area contributed by atoms with Crippen molar-refractivity contribution in [2.45, 2.75) is 46.6 Å². The highest BCUT2D eigenvalue weighted by Gasteiger charge is 2.24. The molecule has 0 spiro atoms. The summed E-state index contributed by atoms with van der Waals surface area (Å²) in [5.41, 5.74) is 0. The first-order valence-corrected chi connectivity index (χ1v) is 6.74. The maximum Gasteiger partial charge on any atom is 0.227 e. The summed E-state index contributed by atoms with van der Waals surface area (Å²) >= 11 is 0. The standard InChI is InChI=1S/C13H28N2O2/c1-5-12(6-2)15(8-9-16)13(17)11(4)10-14-7-3/h11-12,14,16H,5-10H2,1-4H3. The highest BCUT2D eigenvalue weighted by atomic mass is 16.3. The molecule has 0 aliphatic heterocycles. The van der Waals surface area contributed by atoms with Crippen LogP contribution in [0.4, 0.5) is 0 Å². The van der Waals surface area contributed by atoms with Crippen molar-refractivity contribution in [2.75, 3.05) is 26.2 Å². The molecule has 0 aliphatic rings. The lowest BCUT2D eigenvalue weighted by molar-refractivity contribution is -0.138. The molecule has 0 radical (unpaired) electrons. The Morgan fingerprint density at radius 1 is 1.29 bits per heavy atom. The van der Waals surface area contributed by atoms with Crippen molar-refractivity contribution in [2.24, 2.45) is 5.92 Å². The van der Waals surface area contributed by atoms with Crippen molar-refractivity contribution in [1.82, 2.24) is 10.2 Å². The third kappa shape index (κ3) is 5.50. The fourth-order valence-corrected chi connectivity index (χ4v) is 2.04. The number of hydrogen-bond donors (Lipinski definition) is 2. The van der Waals surface area contributed by atoms with Gasteiger partial charge in [0.2, 0.25) is 5.91 Å². The number of carbonyl (C=O) groups is 1. The minimum Gasteiger partial charge on any atom is -0.395 e. The first-order chi connectivity index (χ1) is 8.12. The van der Waals surface area contributed by atoms with Gasteiger partial charge in [0.1, 0.15) is 0 Å². The fourth-order valence-electron chi connectivity index (χ4n) is 2.04. The summed E-state index contributed by atoms with van der Waals surface area (Å²) in [6.07, 6.45) is 1.88. The van der Waals surface area contributed by atoms with E-state index in [4.69, 9.17) is 5.11 Å². The summed E-state index contributed by atoms with van der Waals surface area (Å²) in [5, 5.41) is 12.3. The summed E-state index contributed by atoms with van der Waals surface area (Å²) in [6, 6.07) is 0.249. The van der Waals surface area contributed by atoms with Crippen LogP contribution in [0.3, 0.4) is 0 Å². The summed E-state index contributed by atoms with van der Waals surface area (Å²) < 4.78 is 0. The second-order valence-corrected chi connectivity index (χ2v) is 4.43. The molecule has 4 nitrogen and oxygen atoms in total. The first-order valence-electron chi connectivity index (χ1n) is 6.74. The number of amides is 1. The Balaban J connectivity index is 4.51. The van der Waals surface area contributed by atoms with Crippen LogP contribution in [0.2, 0.25) is 0 Å². The molecule has 0 fully saturated rings. The van der Waals surface area contributed by atoms with Gasteiger partial charge in [-0.3, -0.25) is 4.79 Å². The van der Waals surface area contributed by atoms with E-state index in [0.29, 0.717) is 13.1 Å². The lowest BCUT2D eigenvalue weighted by atomic mass is 10.1. The molecule has 0 saturated heterocycles. The number of nitrogens with one attached hydrogen (secondary N) is 1. The number of aliphatic hydroxyl groups excluding tert-OH is 1. The third-order valence-corrected chi connectivity index (χ3v) is 3.13. The maximum atomic E-state index is 12.3. The molecule has 0 rings (SSSR count). The third-order valence-electron chi connectivity index (χ3n) is 3.13. The zero-order valence-electron chi connectivity index (χ0n) is 11.7. The van der Waals surface area contributed by atoms with Crippen LogP contribution in [0.15, 0.2) is 0 Å². The Kier molecular flexibility index (Phi) is 9.09. The Labute approximate surface area is 105 Å². The minimum absolute atomic E-state index is 0.0258. The van der Waals surface area contributed by atoms with Crippen LogP contribution in [0.5, 0.6) is 0 Å². The van der Waals surface area contributed by atoms with E-state index in [2.05, 4.69) is 19.2 Å².